The number of carbonyl (C=O) groups is 2. The zero-order valence-corrected chi connectivity index (χ0v) is 9.06. The van der Waals surface area contributed by atoms with E-state index in [0.717, 1.165) is 4.47 Å². The third-order valence-electron chi connectivity index (χ3n) is 1.62. The minimum atomic E-state index is -1.60. The van der Waals surface area contributed by atoms with Crippen molar-refractivity contribution in [1.29, 1.82) is 0 Å². The van der Waals surface area contributed by atoms with Crippen LogP contribution in [0.15, 0.2) is 34.8 Å². The van der Waals surface area contributed by atoms with Crippen LogP contribution in [-0.2, 0) is 9.59 Å². The van der Waals surface area contributed by atoms with Crippen molar-refractivity contribution in [1.82, 2.24) is 0 Å². The predicted octanol–water partition coefficient (Wildman–Crippen LogP) is 2.00. The van der Waals surface area contributed by atoms with Gasteiger partial charge in [-0.05, 0) is 12.1 Å². The fourth-order valence-electron chi connectivity index (χ4n) is 0.890. The highest BCUT2D eigenvalue weighted by atomic mass is 79.9. The van der Waals surface area contributed by atoms with E-state index in [-0.39, 0.29) is 5.76 Å². The summed E-state index contributed by atoms with van der Waals surface area (Å²) in [6.07, 6.45) is 0.672. The summed E-state index contributed by atoms with van der Waals surface area (Å²) in [5.74, 6) is -3.12. The highest BCUT2D eigenvalue weighted by molar-refractivity contribution is 9.10. The van der Waals surface area contributed by atoms with Gasteiger partial charge in [0, 0.05) is 16.1 Å². The predicted molar refractivity (Wildman–Crippen MR) is 57.4 cm³/mol. The van der Waals surface area contributed by atoms with Gasteiger partial charge in [-0.15, -0.1) is 0 Å². The Kier molecular flexibility index (Phi) is 3.62. The van der Waals surface area contributed by atoms with E-state index in [0.29, 0.717) is 11.6 Å². The van der Waals surface area contributed by atoms with E-state index in [9.17, 15) is 14.7 Å². The van der Waals surface area contributed by atoms with Gasteiger partial charge < -0.3 is 10.2 Å². The van der Waals surface area contributed by atoms with Crippen LogP contribution < -0.4 is 0 Å². The van der Waals surface area contributed by atoms with Crippen LogP contribution in [0.1, 0.15) is 5.56 Å². The molecule has 0 saturated carbocycles. The lowest BCUT2D eigenvalue weighted by atomic mass is 10.1. The number of hydrogen-bond donors (Lipinski definition) is 2. The molecule has 0 aliphatic rings. The van der Waals surface area contributed by atoms with Crippen LogP contribution in [-0.4, -0.2) is 22.0 Å². The van der Waals surface area contributed by atoms with Crippen LogP contribution in [0.2, 0.25) is 0 Å². The molecule has 1 rings (SSSR count). The van der Waals surface area contributed by atoms with Gasteiger partial charge in [-0.1, -0.05) is 28.1 Å². The Hall–Kier alpha value is -1.62. The minimum Gasteiger partial charge on any atom is -0.507 e. The standard InChI is InChI=1S/C10H7BrO4/c11-7-3-1-6(2-4-7)8(12)5-9(13)10(14)15/h1-5,12H,(H,14,15)/b8-5+. The molecule has 15 heavy (non-hydrogen) atoms. The number of hydrogen-bond acceptors (Lipinski definition) is 3. The second kappa shape index (κ2) is 4.75. The van der Waals surface area contributed by atoms with Gasteiger partial charge in [-0.25, -0.2) is 4.79 Å². The molecule has 78 valence electrons. The van der Waals surface area contributed by atoms with Crippen molar-refractivity contribution >= 4 is 33.4 Å². The second-order valence-electron chi connectivity index (χ2n) is 2.71. The molecule has 1 aromatic rings. The summed E-state index contributed by atoms with van der Waals surface area (Å²) in [6.45, 7) is 0. The first kappa shape index (κ1) is 11.5. The third kappa shape index (κ3) is 3.21. The first-order chi connectivity index (χ1) is 7.00. The zero-order chi connectivity index (χ0) is 11.4. The zero-order valence-electron chi connectivity index (χ0n) is 7.48. The number of aliphatic carboxylic acids is 1. The van der Waals surface area contributed by atoms with E-state index < -0.39 is 11.8 Å². The average molecular weight is 271 g/mol. The second-order valence-corrected chi connectivity index (χ2v) is 3.62. The van der Waals surface area contributed by atoms with E-state index in [1.165, 1.54) is 0 Å². The van der Waals surface area contributed by atoms with Gasteiger partial charge in [0.1, 0.15) is 5.76 Å². The molecule has 5 heteroatoms. The molecule has 0 fully saturated rings. The molecular formula is C10H7BrO4. The molecule has 0 amide bonds. The van der Waals surface area contributed by atoms with Gasteiger partial charge in [0.05, 0.1) is 0 Å². The summed E-state index contributed by atoms with van der Waals surface area (Å²) in [4.78, 5) is 21.0. The van der Waals surface area contributed by atoms with Crippen LogP contribution in [0.25, 0.3) is 5.76 Å². The summed E-state index contributed by atoms with van der Waals surface area (Å²) in [5, 5.41) is 17.7. The lowest BCUT2D eigenvalue weighted by Gasteiger charge is -1.98. The molecule has 1 aromatic carbocycles. The molecule has 0 radical (unpaired) electrons. The largest absolute Gasteiger partial charge is 0.507 e. The molecule has 0 aliphatic carbocycles. The van der Waals surface area contributed by atoms with E-state index in [2.05, 4.69) is 15.9 Å². The van der Waals surface area contributed by atoms with Crippen LogP contribution in [0.3, 0.4) is 0 Å². The fourth-order valence-corrected chi connectivity index (χ4v) is 1.15. The molecular weight excluding hydrogens is 264 g/mol. The first-order valence-corrected chi connectivity index (χ1v) is 4.74. The molecule has 0 aromatic heterocycles. The lowest BCUT2D eigenvalue weighted by molar-refractivity contribution is -0.146. The number of carboxylic acid groups (broad SMARTS) is 1. The number of ketones is 1. The molecule has 0 spiro atoms. The normalized spacial score (nSPS) is 11.1. The Bertz CT molecular complexity index is 420. The maximum atomic E-state index is 10.7. The lowest BCUT2D eigenvalue weighted by Crippen LogP contribution is -2.09. The topological polar surface area (TPSA) is 74.6 Å². The molecule has 0 saturated heterocycles. The first-order valence-electron chi connectivity index (χ1n) is 3.94. The maximum absolute atomic E-state index is 10.7. The molecule has 0 bridgehead atoms. The summed E-state index contributed by atoms with van der Waals surface area (Å²) >= 11 is 3.21. The van der Waals surface area contributed by atoms with Crippen LogP contribution >= 0.6 is 15.9 Å². The highest BCUT2D eigenvalue weighted by Gasteiger charge is 2.10. The molecule has 0 unspecified atom stereocenters. The number of rotatable bonds is 3. The molecule has 0 aliphatic heterocycles. The van der Waals surface area contributed by atoms with Gasteiger partial charge in [0.2, 0.25) is 0 Å². The SMILES string of the molecule is O=C(O)C(=O)/C=C(/O)c1ccc(Br)cc1. The summed E-state index contributed by atoms with van der Waals surface area (Å²) in [6, 6.07) is 6.46. The smallest absolute Gasteiger partial charge is 0.376 e. The van der Waals surface area contributed by atoms with Crippen LogP contribution in [0.5, 0.6) is 0 Å². The fraction of sp³-hybridized carbons (Fsp3) is 0. The molecule has 0 heterocycles. The summed E-state index contributed by atoms with van der Waals surface area (Å²) in [5.41, 5.74) is 0.382. The van der Waals surface area contributed by atoms with E-state index in [1.807, 2.05) is 0 Å². The molecule has 4 nitrogen and oxygen atoms in total. The van der Waals surface area contributed by atoms with Crippen molar-refractivity contribution < 1.29 is 19.8 Å². The van der Waals surface area contributed by atoms with Crippen molar-refractivity contribution in [2.45, 2.75) is 0 Å². The number of carbonyl (C=O) groups excluding carboxylic acids is 1. The number of aliphatic hydroxyl groups is 1. The Morgan fingerprint density at radius 3 is 2.13 bits per heavy atom. The van der Waals surface area contributed by atoms with Gasteiger partial charge >= 0.3 is 5.97 Å². The van der Waals surface area contributed by atoms with Gasteiger partial charge in [-0.2, -0.15) is 0 Å². The van der Waals surface area contributed by atoms with E-state index in [4.69, 9.17) is 5.11 Å². The summed E-state index contributed by atoms with van der Waals surface area (Å²) in [7, 11) is 0. The summed E-state index contributed by atoms with van der Waals surface area (Å²) < 4.78 is 0.823. The van der Waals surface area contributed by atoms with Crippen molar-refractivity contribution in [2.24, 2.45) is 0 Å². The van der Waals surface area contributed by atoms with Crippen molar-refractivity contribution in [2.75, 3.05) is 0 Å². The van der Waals surface area contributed by atoms with Gasteiger partial charge in [-0.3, -0.25) is 4.79 Å². The van der Waals surface area contributed by atoms with Gasteiger partial charge in [0.25, 0.3) is 5.78 Å². The van der Waals surface area contributed by atoms with Crippen molar-refractivity contribution in [3.05, 3.63) is 40.4 Å². The maximum Gasteiger partial charge on any atom is 0.376 e. The highest BCUT2D eigenvalue weighted by Crippen LogP contribution is 2.15. The van der Waals surface area contributed by atoms with Crippen LogP contribution in [0.4, 0.5) is 0 Å². The molecule has 0 atom stereocenters. The van der Waals surface area contributed by atoms with Crippen LogP contribution in [0, 0.1) is 0 Å². The number of benzene rings is 1. The number of halogens is 1. The number of aliphatic hydroxyl groups excluding tert-OH is 1. The van der Waals surface area contributed by atoms with Gasteiger partial charge in [0.15, 0.2) is 0 Å². The quantitative estimate of drug-likeness (QED) is 0.501. The molecule has 2 N–H and O–H groups in total. The van der Waals surface area contributed by atoms with E-state index >= 15 is 0 Å². The van der Waals surface area contributed by atoms with E-state index in [1.54, 1.807) is 24.3 Å². The Morgan fingerprint density at radius 1 is 1.13 bits per heavy atom. The van der Waals surface area contributed by atoms with Crippen molar-refractivity contribution in [3.63, 3.8) is 0 Å². The number of carboxylic acids is 1. The monoisotopic (exact) mass is 270 g/mol. The Labute approximate surface area is 94.0 Å². The average Bonchev–Trinajstić information content (AvgIpc) is 2.18. The Morgan fingerprint density at radius 2 is 1.67 bits per heavy atom. The van der Waals surface area contributed by atoms with Crippen molar-refractivity contribution in [3.8, 4) is 0 Å². The third-order valence-corrected chi connectivity index (χ3v) is 2.15. The Balaban J connectivity index is 2.94. The minimum absolute atomic E-state index is 0.366.